The highest BCUT2D eigenvalue weighted by Gasteiger charge is 2.35. The number of hydrogen-bond donors (Lipinski definition) is 1. The quantitative estimate of drug-likeness (QED) is 0.923. The van der Waals surface area contributed by atoms with Gasteiger partial charge in [0.2, 0.25) is 10.1 Å². The summed E-state index contributed by atoms with van der Waals surface area (Å²) >= 11 is 0.528. The van der Waals surface area contributed by atoms with Crippen LogP contribution in [0.4, 0.5) is 18.3 Å². The van der Waals surface area contributed by atoms with Crippen LogP contribution < -0.4 is 5.32 Å². The second-order valence-corrected chi connectivity index (χ2v) is 5.78. The van der Waals surface area contributed by atoms with Gasteiger partial charge in [-0.2, -0.15) is 13.2 Å². The van der Waals surface area contributed by atoms with Gasteiger partial charge in [-0.05, 0) is 13.8 Å². The van der Waals surface area contributed by atoms with Crippen LogP contribution in [0.15, 0.2) is 0 Å². The van der Waals surface area contributed by atoms with E-state index in [0.29, 0.717) is 37.1 Å². The van der Waals surface area contributed by atoms with Crippen LogP contribution in [0.3, 0.4) is 0 Å². The Kier molecular flexibility index (Phi) is 4.82. The molecule has 20 heavy (non-hydrogen) atoms. The molecule has 5 nitrogen and oxygen atoms in total. The molecule has 0 amide bonds. The molecule has 0 radical (unpaired) electrons. The van der Waals surface area contributed by atoms with Gasteiger partial charge in [0.15, 0.2) is 0 Å². The fourth-order valence-electron chi connectivity index (χ4n) is 2.16. The summed E-state index contributed by atoms with van der Waals surface area (Å²) in [7, 11) is 0. The number of halogens is 3. The molecule has 2 heterocycles. The molecule has 1 saturated heterocycles. The molecule has 1 aliphatic heterocycles. The van der Waals surface area contributed by atoms with Gasteiger partial charge in [0.1, 0.15) is 0 Å². The molecule has 9 heteroatoms. The van der Waals surface area contributed by atoms with Gasteiger partial charge in [-0.25, -0.2) is 0 Å². The molecular weight excluding hydrogens is 293 g/mol. The number of nitrogens with zero attached hydrogens (tertiary/aromatic N) is 3. The summed E-state index contributed by atoms with van der Waals surface area (Å²) in [4.78, 5) is 2.27. The molecule has 1 aromatic heterocycles. The van der Waals surface area contributed by atoms with Crippen LogP contribution in [0, 0.1) is 0 Å². The summed E-state index contributed by atoms with van der Waals surface area (Å²) in [5, 5.41) is 8.85. The molecule has 1 aromatic rings. The lowest BCUT2D eigenvalue weighted by atomic mass is 10.2. The van der Waals surface area contributed by atoms with Crippen LogP contribution >= 0.6 is 11.3 Å². The number of nitrogens with one attached hydrogen (secondary N) is 1. The van der Waals surface area contributed by atoms with Crippen LogP contribution in [0.1, 0.15) is 18.9 Å². The second-order valence-electron chi connectivity index (χ2n) is 4.80. The van der Waals surface area contributed by atoms with E-state index < -0.39 is 11.2 Å². The van der Waals surface area contributed by atoms with Gasteiger partial charge in [-0.1, -0.05) is 11.3 Å². The normalized spacial score (nSPS) is 22.8. The summed E-state index contributed by atoms with van der Waals surface area (Å²) < 4.78 is 42.6. The average molecular weight is 310 g/mol. The number of alkyl halides is 3. The van der Waals surface area contributed by atoms with Crippen molar-refractivity contribution in [2.45, 2.75) is 32.1 Å². The molecular formula is C11H17F3N4OS. The highest BCUT2D eigenvalue weighted by Crippen LogP contribution is 2.32. The lowest BCUT2D eigenvalue weighted by molar-refractivity contribution is -0.138. The van der Waals surface area contributed by atoms with Crippen LogP contribution in [0.2, 0.25) is 0 Å². The molecule has 0 saturated carbocycles. The largest absolute Gasteiger partial charge is 0.445 e. The number of hydrogen-bond acceptors (Lipinski definition) is 6. The third kappa shape index (κ3) is 3.80. The SMILES string of the molecule is C[C@@H](CNc1nnc(C(F)(F)F)s1)N1CCOC[C@@H]1C. The van der Waals surface area contributed by atoms with Crippen molar-refractivity contribution in [2.75, 3.05) is 31.6 Å². The summed E-state index contributed by atoms with van der Waals surface area (Å²) in [6.07, 6.45) is -4.43. The van der Waals surface area contributed by atoms with Crippen molar-refractivity contribution in [3.63, 3.8) is 0 Å². The van der Waals surface area contributed by atoms with Crippen LogP contribution in [-0.4, -0.2) is 53.5 Å². The first-order chi connectivity index (χ1) is 9.38. The van der Waals surface area contributed by atoms with Crippen LogP contribution in [0.25, 0.3) is 0 Å². The third-order valence-electron chi connectivity index (χ3n) is 3.20. The van der Waals surface area contributed by atoms with E-state index in [1.165, 1.54) is 0 Å². The first-order valence-electron chi connectivity index (χ1n) is 6.36. The Morgan fingerprint density at radius 1 is 1.50 bits per heavy atom. The predicted octanol–water partition coefficient (Wildman–Crippen LogP) is 2.08. The second kappa shape index (κ2) is 6.23. The fraction of sp³-hybridized carbons (Fsp3) is 0.818. The van der Waals surface area contributed by atoms with Gasteiger partial charge >= 0.3 is 6.18 Å². The zero-order valence-corrected chi connectivity index (χ0v) is 12.1. The minimum atomic E-state index is -4.43. The van der Waals surface area contributed by atoms with E-state index in [1.807, 2.05) is 6.92 Å². The molecule has 1 aliphatic rings. The molecule has 0 spiro atoms. The maximum atomic E-state index is 12.4. The molecule has 0 bridgehead atoms. The lowest BCUT2D eigenvalue weighted by Crippen LogP contribution is -2.50. The fourth-order valence-corrected chi connectivity index (χ4v) is 2.77. The lowest BCUT2D eigenvalue weighted by Gasteiger charge is -2.37. The van der Waals surface area contributed by atoms with Gasteiger partial charge in [-0.3, -0.25) is 4.90 Å². The molecule has 0 unspecified atom stereocenters. The molecule has 1 fully saturated rings. The monoisotopic (exact) mass is 310 g/mol. The minimum absolute atomic E-state index is 0.187. The Morgan fingerprint density at radius 3 is 2.85 bits per heavy atom. The zero-order chi connectivity index (χ0) is 14.8. The highest BCUT2D eigenvalue weighted by atomic mass is 32.1. The van der Waals surface area contributed by atoms with Crippen molar-refractivity contribution in [1.29, 1.82) is 0 Å². The van der Waals surface area contributed by atoms with E-state index in [4.69, 9.17) is 4.74 Å². The summed E-state index contributed by atoms with van der Waals surface area (Å²) in [5.41, 5.74) is 0. The van der Waals surface area contributed by atoms with Crippen molar-refractivity contribution in [3.8, 4) is 0 Å². The molecule has 2 atom stereocenters. The van der Waals surface area contributed by atoms with Gasteiger partial charge < -0.3 is 10.1 Å². The Labute approximate surface area is 119 Å². The summed E-state index contributed by atoms with van der Waals surface area (Å²) in [6, 6.07) is 0.493. The number of ether oxygens (including phenoxy) is 1. The van der Waals surface area contributed by atoms with Crippen molar-refractivity contribution in [1.82, 2.24) is 15.1 Å². The third-order valence-corrected chi connectivity index (χ3v) is 4.13. The molecule has 2 rings (SSSR count). The summed E-state index contributed by atoms with van der Waals surface area (Å²) in [6.45, 7) is 6.82. The van der Waals surface area contributed by atoms with Crippen LogP contribution in [-0.2, 0) is 10.9 Å². The van der Waals surface area contributed by atoms with Crippen molar-refractivity contribution in [3.05, 3.63) is 5.01 Å². The van der Waals surface area contributed by atoms with Crippen molar-refractivity contribution >= 4 is 16.5 Å². The zero-order valence-electron chi connectivity index (χ0n) is 11.3. The molecule has 0 aliphatic carbocycles. The van der Waals surface area contributed by atoms with E-state index in [0.717, 1.165) is 6.54 Å². The van der Waals surface area contributed by atoms with Gasteiger partial charge in [0, 0.05) is 25.2 Å². The molecule has 114 valence electrons. The average Bonchev–Trinajstić information content (AvgIpc) is 2.85. The van der Waals surface area contributed by atoms with Crippen LogP contribution in [0.5, 0.6) is 0 Å². The number of aromatic nitrogens is 2. The maximum Gasteiger partial charge on any atom is 0.445 e. The predicted molar refractivity (Wildman–Crippen MR) is 69.8 cm³/mol. The topological polar surface area (TPSA) is 50.3 Å². The van der Waals surface area contributed by atoms with E-state index in [2.05, 4.69) is 27.3 Å². The molecule has 0 aromatic carbocycles. The Balaban J connectivity index is 1.86. The van der Waals surface area contributed by atoms with Gasteiger partial charge in [0.05, 0.1) is 13.2 Å². The van der Waals surface area contributed by atoms with E-state index in [-0.39, 0.29) is 11.2 Å². The Morgan fingerprint density at radius 2 is 2.25 bits per heavy atom. The smallest absolute Gasteiger partial charge is 0.379 e. The van der Waals surface area contributed by atoms with Gasteiger partial charge in [-0.15, -0.1) is 10.2 Å². The van der Waals surface area contributed by atoms with Crippen molar-refractivity contribution < 1.29 is 17.9 Å². The Bertz CT molecular complexity index is 440. The molecule has 1 N–H and O–H groups in total. The minimum Gasteiger partial charge on any atom is -0.379 e. The maximum absolute atomic E-state index is 12.4. The summed E-state index contributed by atoms with van der Waals surface area (Å²) in [5.74, 6) is 0. The standard InChI is InChI=1S/C11H17F3N4OS/c1-7(18-3-4-19-6-8(18)2)5-15-10-17-16-9(20-10)11(12,13)14/h7-8H,3-6H2,1-2H3,(H,15,17)/t7-,8-/m0/s1. The van der Waals surface area contributed by atoms with Gasteiger partial charge in [0.25, 0.3) is 0 Å². The first kappa shape index (κ1) is 15.5. The van der Waals surface area contributed by atoms with E-state index in [9.17, 15) is 13.2 Å². The number of rotatable bonds is 4. The number of anilines is 1. The highest BCUT2D eigenvalue weighted by molar-refractivity contribution is 7.15. The van der Waals surface area contributed by atoms with E-state index >= 15 is 0 Å². The first-order valence-corrected chi connectivity index (χ1v) is 7.17. The number of morpholine rings is 1. The van der Waals surface area contributed by atoms with Crippen molar-refractivity contribution in [2.24, 2.45) is 0 Å². The van der Waals surface area contributed by atoms with E-state index in [1.54, 1.807) is 0 Å². The Hall–Kier alpha value is -0.930.